The molecule has 1 unspecified atom stereocenters. The van der Waals surface area contributed by atoms with Crippen LogP contribution in [0.3, 0.4) is 0 Å². The Morgan fingerprint density at radius 1 is 1.38 bits per heavy atom. The zero-order chi connectivity index (χ0) is 15.3. The summed E-state index contributed by atoms with van der Waals surface area (Å²) in [6, 6.07) is 9.21. The van der Waals surface area contributed by atoms with Gasteiger partial charge in [-0.2, -0.15) is 0 Å². The molecule has 116 valence electrons. The molecule has 4 heteroatoms. The smallest absolute Gasteiger partial charge is 0.306 e. The van der Waals surface area contributed by atoms with Gasteiger partial charge in [0.25, 0.3) is 0 Å². The molecule has 0 amide bonds. The molecule has 1 aliphatic rings. The maximum absolute atomic E-state index is 11.4. The van der Waals surface area contributed by atoms with Gasteiger partial charge in [0.1, 0.15) is 0 Å². The van der Waals surface area contributed by atoms with Gasteiger partial charge in [0, 0.05) is 16.7 Å². The minimum absolute atomic E-state index is 0.0803. The van der Waals surface area contributed by atoms with Gasteiger partial charge in [0.15, 0.2) is 0 Å². The van der Waals surface area contributed by atoms with E-state index in [1.165, 1.54) is 17.6 Å². The number of methoxy groups -OCH3 is 1. The first-order chi connectivity index (χ1) is 10.1. The fourth-order valence-electron chi connectivity index (χ4n) is 2.57. The Hall–Kier alpha value is -1.00. The Kier molecular flexibility index (Phi) is 5.71. The summed E-state index contributed by atoms with van der Waals surface area (Å²) in [6.07, 6.45) is 3.94. The summed E-state index contributed by atoms with van der Waals surface area (Å²) in [5.41, 5.74) is 1.52. The lowest BCUT2D eigenvalue weighted by atomic mass is 10.1. The number of hydrogen-bond donors (Lipinski definition) is 1. The number of benzene rings is 1. The molecule has 0 aromatic heterocycles. The SMILES string of the molecule is CCC(NC)c1ccc(SCC2(CC(=O)OC)CC2)cc1. The highest BCUT2D eigenvalue weighted by atomic mass is 32.2. The molecule has 1 aromatic rings. The molecule has 0 bridgehead atoms. The molecule has 3 nitrogen and oxygen atoms in total. The van der Waals surface area contributed by atoms with Crippen molar-refractivity contribution in [2.75, 3.05) is 19.9 Å². The number of ether oxygens (including phenoxy) is 1. The molecular formula is C17H25NO2S. The third-order valence-electron chi connectivity index (χ3n) is 4.29. The van der Waals surface area contributed by atoms with Crippen LogP contribution in [0.1, 0.15) is 44.2 Å². The molecule has 0 spiro atoms. The molecule has 1 aromatic carbocycles. The highest BCUT2D eigenvalue weighted by Crippen LogP contribution is 2.52. The molecule has 1 N–H and O–H groups in total. The Bertz CT molecular complexity index is 464. The third kappa shape index (κ3) is 4.48. The predicted molar refractivity (Wildman–Crippen MR) is 87.6 cm³/mol. The van der Waals surface area contributed by atoms with Gasteiger partial charge in [-0.05, 0) is 49.4 Å². The molecule has 0 heterocycles. The van der Waals surface area contributed by atoms with E-state index >= 15 is 0 Å². The fraction of sp³-hybridized carbons (Fsp3) is 0.588. The number of hydrogen-bond acceptors (Lipinski definition) is 4. The lowest BCUT2D eigenvalue weighted by molar-refractivity contribution is -0.141. The van der Waals surface area contributed by atoms with Crippen molar-refractivity contribution in [3.05, 3.63) is 29.8 Å². The second-order valence-corrected chi connectivity index (χ2v) is 6.91. The summed E-state index contributed by atoms with van der Waals surface area (Å²) in [6.45, 7) is 2.19. The van der Waals surface area contributed by atoms with E-state index in [1.807, 2.05) is 18.8 Å². The molecule has 0 aliphatic heterocycles. The molecular weight excluding hydrogens is 282 g/mol. The van der Waals surface area contributed by atoms with Crippen LogP contribution in [0.25, 0.3) is 0 Å². The van der Waals surface area contributed by atoms with Crippen molar-refractivity contribution in [2.24, 2.45) is 5.41 Å². The zero-order valence-corrected chi connectivity index (χ0v) is 14.0. The standard InChI is InChI=1S/C17H25NO2S/c1-4-15(18-2)13-5-7-14(8-6-13)21-12-17(9-10-17)11-16(19)20-3/h5-8,15,18H,4,9-12H2,1-3H3. The second kappa shape index (κ2) is 7.32. The van der Waals surface area contributed by atoms with Crippen LogP contribution in [0.4, 0.5) is 0 Å². The average molecular weight is 307 g/mol. The summed E-state index contributed by atoms with van der Waals surface area (Å²) in [7, 11) is 3.47. The molecule has 1 atom stereocenters. The Morgan fingerprint density at radius 2 is 2.05 bits per heavy atom. The number of esters is 1. The summed E-state index contributed by atoms with van der Waals surface area (Å²) in [5.74, 6) is 0.924. The maximum Gasteiger partial charge on any atom is 0.306 e. The largest absolute Gasteiger partial charge is 0.469 e. The van der Waals surface area contributed by atoms with Crippen molar-refractivity contribution in [2.45, 2.75) is 43.5 Å². The third-order valence-corrected chi connectivity index (χ3v) is 5.65. The summed E-state index contributed by atoms with van der Waals surface area (Å²) in [4.78, 5) is 12.7. The van der Waals surface area contributed by atoms with Crippen LogP contribution in [-0.2, 0) is 9.53 Å². The average Bonchev–Trinajstić information content (AvgIpc) is 3.27. The zero-order valence-electron chi connectivity index (χ0n) is 13.1. The van der Waals surface area contributed by atoms with Crippen LogP contribution in [0.5, 0.6) is 0 Å². The Balaban J connectivity index is 1.88. The van der Waals surface area contributed by atoms with E-state index in [-0.39, 0.29) is 11.4 Å². The van der Waals surface area contributed by atoms with Gasteiger partial charge in [0.2, 0.25) is 0 Å². The first-order valence-corrected chi connectivity index (χ1v) is 8.58. The van der Waals surface area contributed by atoms with E-state index in [1.54, 1.807) is 0 Å². The molecule has 21 heavy (non-hydrogen) atoms. The monoisotopic (exact) mass is 307 g/mol. The van der Waals surface area contributed by atoms with E-state index in [0.717, 1.165) is 25.0 Å². The van der Waals surface area contributed by atoms with E-state index < -0.39 is 0 Å². The van der Waals surface area contributed by atoms with E-state index in [4.69, 9.17) is 4.74 Å². The number of nitrogens with one attached hydrogen (secondary N) is 1. The number of carbonyl (C=O) groups excluding carboxylic acids is 1. The summed E-state index contributed by atoms with van der Waals surface area (Å²) < 4.78 is 4.79. The number of thioether (sulfide) groups is 1. The van der Waals surface area contributed by atoms with Crippen molar-refractivity contribution in [3.8, 4) is 0 Å². The molecule has 1 saturated carbocycles. The molecule has 1 aliphatic carbocycles. The van der Waals surface area contributed by atoms with Crippen LogP contribution in [0.2, 0.25) is 0 Å². The minimum atomic E-state index is -0.0803. The minimum Gasteiger partial charge on any atom is -0.469 e. The first-order valence-electron chi connectivity index (χ1n) is 7.59. The van der Waals surface area contributed by atoms with Crippen molar-refractivity contribution >= 4 is 17.7 Å². The quantitative estimate of drug-likeness (QED) is 0.586. The van der Waals surface area contributed by atoms with Crippen LogP contribution in [0, 0.1) is 5.41 Å². The van der Waals surface area contributed by atoms with E-state index in [2.05, 4.69) is 36.5 Å². The summed E-state index contributed by atoms with van der Waals surface area (Å²) in [5, 5.41) is 3.32. The van der Waals surface area contributed by atoms with E-state index in [0.29, 0.717) is 12.5 Å². The van der Waals surface area contributed by atoms with Crippen molar-refractivity contribution in [3.63, 3.8) is 0 Å². The lowest BCUT2D eigenvalue weighted by Gasteiger charge is -2.16. The number of rotatable bonds is 8. The Labute approximate surface area is 131 Å². The van der Waals surface area contributed by atoms with Gasteiger partial charge >= 0.3 is 5.97 Å². The molecule has 1 fully saturated rings. The topological polar surface area (TPSA) is 38.3 Å². The summed E-state index contributed by atoms with van der Waals surface area (Å²) >= 11 is 1.85. The Morgan fingerprint density at radius 3 is 2.52 bits per heavy atom. The van der Waals surface area contributed by atoms with Gasteiger partial charge in [-0.1, -0.05) is 19.1 Å². The second-order valence-electron chi connectivity index (χ2n) is 5.86. The van der Waals surface area contributed by atoms with Crippen LogP contribution >= 0.6 is 11.8 Å². The van der Waals surface area contributed by atoms with Crippen molar-refractivity contribution < 1.29 is 9.53 Å². The van der Waals surface area contributed by atoms with Crippen LogP contribution < -0.4 is 5.32 Å². The molecule has 0 radical (unpaired) electrons. The van der Waals surface area contributed by atoms with Crippen molar-refractivity contribution in [1.82, 2.24) is 5.32 Å². The highest BCUT2D eigenvalue weighted by Gasteiger charge is 2.44. The maximum atomic E-state index is 11.4. The van der Waals surface area contributed by atoms with E-state index in [9.17, 15) is 4.79 Å². The van der Waals surface area contributed by atoms with Gasteiger partial charge in [0.05, 0.1) is 13.5 Å². The van der Waals surface area contributed by atoms with Crippen LogP contribution in [-0.4, -0.2) is 25.9 Å². The van der Waals surface area contributed by atoms with Gasteiger partial charge in [-0.25, -0.2) is 0 Å². The number of carbonyl (C=O) groups is 1. The molecule has 0 saturated heterocycles. The predicted octanol–water partition coefficient (Wildman–Crippen LogP) is 3.79. The first kappa shape index (κ1) is 16.4. The normalized spacial score (nSPS) is 17.3. The van der Waals surface area contributed by atoms with Gasteiger partial charge < -0.3 is 10.1 Å². The van der Waals surface area contributed by atoms with Gasteiger partial charge in [-0.15, -0.1) is 11.8 Å². The molecule has 2 rings (SSSR count). The lowest BCUT2D eigenvalue weighted by Crippen LogP contribution is -2.15. The highest BCUT2D eigenvalue weighted by molar-refractivity contribution is 7.99. The van der Waals surface area contributed by atoms with Gasteiger partial charge in [-0.3, -0.25) is 4.79 Å². The van der Waals surface area contributed by atoms with Crippen LogP contribution in [0.15, 0.2) is 29.2 Å². The van der Waals surface area contributed by atoms with Crippen molar-refractivity contribution in [1.29, 1.82) is 0 Å². The fourth-order valence-corrected chi connectivity index (χ4v) is 3.76.